The Morgan fingerprint density at radius 1 is 1.69 bits per heavy atom. The Labute approximate surface area is 78.2 Å². The third-order valence-electron chi connectivity index (χ3n) is 2.07. The molecule has 1 atom stereocenters. The van der Waals surface area contributed by atoms with Gasteiger partial charge in [0.1, 0.15) is 6.17 Å². The zero-order chi connectivity index (χ0) is 9.42. The van der Waals surface area contributed by atoms with Gasteiger partial charge >= 0.3 is 5.97 Å². The van der Waals surface area contributed by atoms with Gasteiger partial charge in [-0.05, 0) is 19.3 Å². The van der Waals surface area contributed by atoms with E-state index in [-0.39, 0.29) is 5.01 Å². The molecule has 0 saturated carbocycles. The number of carboxylic acid groups (broad SMARTS) is 1. The highest BCUT2D eigenvalue weighted by molar-refractivity contribution is 7.13. The van der Waals surface area contributed by atoms with Crippen molar-refractivity contribution < 1.29 is 14.3 Å². The van der Waals surface area contributed by atoms with E-state index in [1.54, 1.807) is 0 Å². The second-order valence-electron chi connectivity index (χ2n) is 2.99. The number of aromatic nitrogens is 1. The number of carboxylic acids is 1. The fourth-order valence-electron chi connectivity index (χ4n) is 1.46. The summed E-state index contributed by atoms with van der Waals surface area (Å²) < 4.78 is 13.2. The Morgan fingerprint density at radius 2 is 2.46 bits per heavy atom. The number of fused-ring (bicyclic) bond motifs is 1. The molecule has 1 aliphatic carbocycles. The highest BCUT2D eigenvalue weighted by Crippen LogP contribution is 2.36. The van der Waals surface area contributed by atoms with Gasteiger partial charge in [0.25, 0.3) is 0 Å². The number of hydrogen-bond acceptors (Lipinski definition) is 3. The lowest BCUT2D eigenvalue weighted by Gasteiger charge is -2.12. The minimum absolute atomic E-state index is 0.00884. The van der Waals surface area contributed by atoms with Crippen LogP contribution in [0.5, 0.6) is 0 Å². The average Bonchev–Trinajstić information content (AvgIpc) is 2.49. The molecular weight excluding hydrogens is 193 g/mol. The van der Waals surface area contributed by atoms with Crippen LogP contribution in [-0.2, 0) is 6.42 Å². The number of alkyl halides is 1. The summed E-state index contributed by atoms with van der Waals surface area (Å²) in [6.45, 7) is 0. The van der Waals surface area contributed by atoms with Crippen molar-refractivity contribution in [2.24, 2.45) is 0 Å². The molecule has 1 aliphatic rings. The summed E-state index contributed by atoms with van der Waals surface area (Å²) in [6, 6.07) is 0. The van der Waals surface area contributed by atoms with E-state index < -0.39 is 12.1 Å². The quantitative estimate of drug-likeness (QED) is 0.757. The molecule has 5 heteroatoms. The van der Waals surface area contributed by atoms with Crippen molar-refractivity contribution in [3.8, 4) is 0 Å². The summed E-state index contributed by atoms with van der Waals surface area (Å²) in [4.78, 5) is 14.9. The normalized spacial score (nSPS) is 21.2. The van der Waals surface area contributed by atoms with E-state index in [1.807, 2.05) is 0 Å². The molecule has 0 amide bonds. The van der Waals surface area contributed by atoms with Crippen LogP contribution in [0.4, 0.5) is 4.39 Å². The first-order chi connectivity index (χ1) is 6.18. The summed E-state index contributed by atoms with van der Waals surface area (Å²) >= 11 is 0.966. The maximum absolute atomic E-state index is 13.2. The lowest BCUT2D eigenvalue weighted by molar-refractivity contribution is 0.0696. The first kappa shape index (κ1) is 8.62. The van der Waals surface area contributed by atoms with Gasteiger partial charge in [0.15, 0.2) is 0 Å². The van der Waals surface area contributed by atoms with E-state index in [4.69, 9.17) is 5.11 Å². The van der Waals surface area contributed by atoms with Gasteiger partial charge in [0.05, 0.1) is 10.6 Å². The second-order valence-corrected chi connectivity index (χ2v) is 4.03. The maximum atomic E-state index is 13.2. The number of nitrogens with zero attached hydrogens (tertiary/aromatic N) is 1. The van der Waals surface area contributed by atoms with Crippen LogP contribution in [0.1, 0.15) is 39.4 Å². The molecule has 2 rings (SSSR count). The fourth-order valence-corrected chi connectivity index (χ4v) is 2.42. The van der Waals surface area contributed by atoms with Crippen molar-refractivity contribution in [1.29, 1.82) is 0 Å². The van der Waals surface area contributed by atoms with E-state index in [0.29, 0.717) is 23.4 Å². The van der Waals surface area contributed by atoms with Gasteiger partial charge in [0, 0.05) is 0 Å². The van der Waals surface area contributed by atoms with Crippen LogP contribution >= 0.6 is 11.3 Å². The van der Waals surface area contributed by atoms with Crippen molar-refractivity contribution in [2.45, 2.75) is 25.4 Å². The third-order valence-corrected chi connectivity index (χ3v) is 3.24. The molecule has 0 bridgehead atoms. The molecule has 0 saturated heterocycles. The zero-order valence-corrected chi connectivity index (χ0v) is 7.60. The first-order valence-electron chi connectivity index (χ1n) is 4.05. The summed E-state index contributed by atoms with van der Waals surface area (Å²) in [6.07, 6.45) is 0.958. The van der Waals surface area contributed by atoms with Crippen molar-refractivity contribution in [2.75, 3.05) is 0 Å². The Hall–Kier alpha value is -0.970. The molecule has 1 aromatic rings. The van der Waals surface area contributed by atoms with E-state index in [2.05, 4.69) is 4.98 Å². The van der Waals surface area contributed by atoms with Crippen molar-refractivity contribution in [1.82, 2.24) is 4.98 Å². The second kappa shape index (κ2) is 3.06. The Bertz CT molecular complexity index is 350. The largest absolute Gasteiger partial charge is 0.476 e. The van der Waals surface area contributed by atoms with Crippen LogP contribution in [0.25, 0.3) is 0 Å². The summed E-state index contributed by atoms with van der Waals surface area (Å²) in [5.41, 5.74) is 0.640. The molecule has 0 radical (unpaired) electrons. The molecule has 1 N–H and O–H groups in total. The Kier molecular flexibility index (Phi) is 2.03. The predicted molar refractivity (Wildman–Crippen MR) is 45.9 cm³/mol. The SMILES string of the molecule is O=C(O)c1nc2c(s1)C(F)CCC2. The fraction of sp³-hybridized carbons (Fsp3) is 0.500. The highest BCUT2D eigenvalue weighted by atomic mass is 32.1. The van der Waals surface area contributed by atoms with Crippen LogP contribution in [0.15, 0.2) is 0 Å². The molecule has 1 heterocycles. The minimum Gasteiger partial charge on any atom is -0.476 e. The first-order valence-corrected chi connectivity index (χ1v) is 4.87. The van der Waals surface area contributed by atoms with Gasteiger partial charge in [-0.25, -0.2) is 14.2 Å². The number of aromatic carboxylic acids is 1. The van der Waals surface area contributed by atoms with Gasteiger partial charge in [-0.1, -0.05) is 0 Å². The summed E-state index contributed by atoms with van der Waals surface area (Å²) in [5, 5.41) is 8.65. The van der Waals surface area contributed by atoms with Crippen LogP contribution in [0, 0.1) is 0 Å². The molecule has 0 spiro atoms. The average molecular weight is 201 g/mol. The van der Waals surface area contributed by atoms with Gasteiger partial charge in [-0.15, -0.1) is 11.3 Å². The van der Waals surface area contributed by atoms with Crippen molar-refractivity contribution in [3.63, 3.8) is 0 Å². The van der Waals surface area contributed by atoms with Crippen molar-refractivity contribution >= 4 is 17.3 Å². The maximum Gasteiger partial charge on any atom is 0.365 e. The Morgan fingerprint density at radius 3 is 3.08 bits per heavy atom. The molecule has 13 heavy (non-hydrogen) atoms. The van der Waals surface area contributed by atoms with E-state index in [0.717, 1.165) is 17.8 Å². The van der Waals surface area contributed by atoms with Crippen LogP contribution < -0.4 is 0 Å². The number of thiazole rings is 1. The van der Waals surface area contributed by atoms with Gasteiger partial charge in [-0.2, -0.15) is 0 Å². The van der Waals surface area contributed by atoms with Gasteiger partial charge in [-0.3, -0.25) is 0 Å². The van der Waals surface area contributed by atoms with E-state index in [9.17, 15) is 9.18 Å². The molecule has 1 aromatic heterocycles. The number of hydrogen-bond donors (Lipinski definition) is 1. The van der Waals surface area contributed by atoms with Crippen molar-refractivity contribution in [3.05, 3.63) is 15.6 Å². The van der Waals surface area contributed by atoms with Crippen LogP contribution in [0.2, 0.25) is 0 Å². The third kappa shape index (κ3) is 1.44. The topological polar surface area (TPSA) is 50.2 Å². The number of halogens is 1. The molecule has 70 valence electrons. The van der Waals surface area contributed by atoms with E-state index >= 15 is 0 Å². The zero-order valence-electron chi connectivity index (χ0n) is 6.79. The molecule has 1 unspecified atom stereocenters. The summed E-state index contributed by atoms with van der Waals surface area (Å²) in [7, 11) is 0. The summed E-state index contributed by atoms with van der Waals surface area (Å²) in [5.74, 6) is -1.06. The van der Waals surface area contributed by atoms with Crippen LogP contribution in [0.3, 0.4) is 0 Å². The molecule has 0 aromatic carbocycles. The molecule has 0 aliphatic heterocycles. The predicted octanol–water partition coefficient (Wildman–Crippen LogP) is 2.19. The molecule has 3 nitrogen and oxygen atoms in total. The highest BCUT2D eigenvalue weighted by Gasteiger charge is 2.25. The monoisotopic (exact) mass is 201 g/mol. The number of aryl methyl sites for hydroxylation is 1. The molecule has 0 fully saturated rings. The van der Waals surface area contributed by atoms with Crippen LogP contribution in [-0.4, -0.2) is 16.1 Å². The van der Waals surface area contributed by atoms with Gasteiger partial charge in [0.2, 0.25) is 5.01 Å². The molecular formula is C8H8FNO2S. The standard InChI is InChI=1S/C8H8FNO2S/c9-4-2-1-3-5-6(4)13-7(10-5)8(11)12/h4H,1-3H2,(H,11,12). The van der Waals surface area contributed by atoms with Gasteiger partial charge < -0.3 is 5.11 Å². The number of rotatable bonds is 1. The lowest BCUT2D eigenvalue weighted by Crippen LogP contribution is -2.03. The smallest absolute Gasteiger partial charge is 0.365 e. The lowest BCUT2D eigenvalue weighted by atomic mass is 10.0. The Balaban J connectivity index is 2.42. The number of carbonyl (C=O) groups is 1. The van der Waals surface area contributed by atoms with E-state index in [1.165, 1.54) is 0 Å². The minimum atomic E-state index is -1.06.